The molecule has 2 aliphatic heterocycles. The van der Waals surface area contributed by atoms with Gasteiger partial charge in [-0.2, -0.15) is 0 Å². The van der Waals surface area contributed by atoms with Gasteiger partial charge in [0.05, 0.1) is 25.4 Å². The lowest BCUT2D eigenvalue weighted by atomic mass is 9.86. The van der Waals surface area contributed by atoms with Gasteiger partial charge in [0, 0.05) is 19.6 Å². The first-order valence-electron chi connectivity index (χ1n) is 7.23. The van der Waals surface area contributed by atoms with E-state index in [1.165, 1.54) is 0 Å². The molecular weight excluding hydrogens is 244 g/mol. The first kappa shape index (κ1) is 15.2. The summed E-state index contributed by atoms with van der Waals surface area (Å²) >= 11 is 0. The van der Waals surface area contributed by atoms with E-state index >= 15 is 0 Å². The molecule has 0 amide bonds. The Morgan fingerprint density at radius 2 is 1.58 bits per heavy atom. The molecule has 2 saturated heterocycles. The van der Waals surface area contributed by atoms with Crippen molar-refractivity contribution in [1.82, 2.24) is 0 Å². The number of rotatable bonds is 3. The van der Waals surface area contributed by atoms with Crippen LogP contribution < -0.4 is 0 Å². The zero-order valence-electron chi connectivity index (χ0n) is 12.2. The van der Waals surface area contributed by atoms with E-state index in [2.05, 4.69) is 20.8 Å². The largest absolute Gasteiger partial charge is 0.379 e. The van der Waals surface area contributed by atoms with Crippen LogP contribution in [0, 0.1) is 18.6 Å². The maximum absolute atomic E-state index is 6.02. The van der Waals surface area contributed by atoms with Crippen molar-refractivity contribution in [1.29, 1.82) is 0 Å². The van der Waals surface area contributed by atoms with E-state index < -0.39 is 0 Å². The maximum Gasteiger partial charge on any atom is 0.224 e. The Hall–Kier alpha value is -0.160. The molecule has 0 aromatic carbocycles. The molecule has 19 heavy (non-hydrogen) atoms. The SMILES string of the molecule is [CH2]CC(C)(C)C[C]1OC2CCOCC(CCOC2)O1. The molecule has 2 fully saturated rings. The third kappa shape index (κ3) is 5.03. The van der Waals surface area contributed by atoms with E-state index in [1.54, 1.807) is 0 Å². The van der Waals surface area contributed by atoms with E-state index in [9.17, 15) is 0 Å². The van der Waals surface area contributed by atoms with Crippen molar-refractivity contribution in [2.75, 3.05) is 26.4 Å². The van der Waals surface area contributed by atoms with Crippen LogP contribution in [-0.4, -0.2) is 38.6 Å². The summed E-state index contributed by atoms with van der Waals surface area (Å²) in [6.07, 6.45) is 4.14. The minimum Gasteiger partial charge on any atom is -0.379 e. The Bertz CT molecular complexity index is 237. The van der Waals surface area contributed by atoms with Crippen LogP contribution in [0.1, 0.15) is 39.5 Å². The van der Waals surface area contributed by atoms with Gasteiger partial charge in [-0.3, -0.25) is 0 Å². The van der Waals surface area contributed by atoms with Crippen LogP contribution in [0.25, 0.3) is 0 Å². The third-order valence-electron chi connectivity index (χ3n) is 3.67. The highest BCUT2D eigenvalue weighted by Crippen LogP contribution is 2.34. The van der Waals surface area contributed by atoms with Gasteiger partial charge in [0.15, 0.2) is 0 Å². The lowest BCUT2D eigenvalue weighted by molar-refractivity contribution is -0.122. The summed E-state index contributed by atoms with van der Waals surface area (Å²) in [6, 6.07) is 0. The van der Waals surface area contributed by atoms with E-state index in [4.69, 9.17) is 18.9 Å². The number of hydrogen-bond acceptors (Lipinski definition) is 4. The van der Waals surface area contributed by atoms with Crippen LogP contribution in [-0.2, 0) is 18.9 Å². The van der Waals surface area contributed by atoms with Crippen LogP contribution in [0.4, 0.5) is 0 Å². The Kier molecular flexibility index (Phi) is 5.63. The van der Waals surface area contributed by atoms with Crippen LogP contribution in [0.3, 0.4) is 0 Å². The fourth-order valence-corrected chi connectivity index (χ4v) is 2.17. The predicted molar refractivity (Wildman–Crippen MR) is 72.2 cm³/mol. The molecule has 2 unspecified atom stereocenters. The molecule has 110 valence electrons. The number of fused-ring (bicyclic) bond motifs is 4. The van der Waals surface area contributed by atoms with E-state index in [1.807, 2.05) is 0 Å². The molecule has 0 aromatic heterocycles. The molecule has 2 rings (SSSR count). The Morgan fingerprint density at radius 3 is 2.05 bits per heavy atom. The van der Waals surface area contributed by atoms with E-state index in [0.717, 1.165) is 32.0 Å². The minimum atomic E-state index is 0.0347. The Balaban J connectivity index is 2.04. The minimum absolute atomic E-state index is 0.0347. The quantitative estimate of drug-likeness (QED) is 0.790. The van der Waals surface area contributed by atoms with Crippen molar-refractivity contribution in [3.05, 3.63) is 13.2 Å². The van der Waals surface area contributed by atoms with Crippen molar-refractivity contribution in [3.63, 3.8) is 0 Å². The molecular formula is C15H26O4. The second-order valence-electron chi connectivity index (χ2n) is 6.17. The molecule has 2 radical (unpaired) electrons. The molecule has 4 nitrogen and oxygen atoms in total. The Labute approximate surface area is 116 Å². The van der Waals surface area contributed by atoms with Gasteiger partial charge in [0.25, 0.3) is 0 Å². The average Bonchev–Trinajstić information content (AvgIpc) is 2.52. The normalized spacial score (nSPS) is 31.1. The van der Waals surface area contributed by atoms with Gasteiger partial charge in [-0.1, -0.05) is 20.8 Å². The van der Waals surface area contributed by atoms with E-state index in [0.29, 0.717) is 26.4 Å². The molecule has 0 saturated carbocycles. The number of hydrogen-bond donors (Lipinski definition) is 0. The maximum atomic E-state index is 6.02. The second-order valence-corrected chi connectivity index (χ2v) is 6.17. The highest BCUT2D eigenvalue weighted by atomic mass is 16.7. The summed E-state index contributed by atoms with van der Waals surface area (Å²) in [4.78, 5) is 0. The van der Waals surface area contributed by atoms with Gasteiger partial charge < -0.3 is 18.9 Å². The molecule has 2 aliphatic rings. The van der Waals surface area contributed by atoms with Gasteiger partial charge in [-0.05, 0) is 24.7 Å². The van der Waals surface area contributed by atoms with Gasteiger partial charge in [-0.15, -0.1) is 0 Å². The molecule has 0 spiro atoms. The molecule has 2 heterocycles. The molecule has 4 heteroatoms. The van der Waals surface area contributed by atoms with Crippen LogP contribution in [0.2, 0.25) is 0 Å². The van der Waals surface area contributed by atoms with Gasteiger partial charge in [0.2, 0.25) is 6.29 Å². The van der Waals surface area contributed by atoms with Gasteiger partial charge >= 0.3 is 0 Å². The predicted octanol–water partition coefficient (Wildman–Crippen LogP) is 2.73. The highest BCUT2D eigenvalue weighted by molar-refractivity contribution is 4.83. The summed E-state index contributed by atoms with van der Waals surface area (Å²) in [5, 5.41) is 0. The van der Waals surface area contributed by atoms with Crippen molar-refractivity contribution in [2.24, 2.45) is 5.41 Å². The third-order valence-corrected chi connectivity index (χ3v) is 3.67. The van der Waals surface area contributed by atoms with Gasteiger partial charge in [0.1, 0.15) is 0 Å². The topological polar surface area (TPSA) is 36.9 Å². The molecule has 2 atom stereocenters. The first-order valence-corrected chi connectivity index (χ1v) is 7.23. The summed E-state index contributed by atoms with van der Waals surface area (Å²) in [6.45, 7) is 11.0. The fourth-order valence-electron chi connectivity index (χ4n) is 2.17. The zero-order chi connectivity index (χ0) is 13.7. The van der Waals surface area contributed by atoms with E-state index in [-0.39, 0.29) is 17.6 Å². The molecule has 0 aromatic rings. The summed E-state index contributed by atoms with van der Waals surface area (Å²) < 4.78 is 23.3. The number of ether oxygens (including phenoxy) is 4. The van der Waals surface area contributed by atoms with Crippen molar-refractivity contribution >= 4 is 0 Å². The van der Waals surface area contributed by atoms with Crippen LogP contribution >= 0.6 is 0 Å². The first-order chi connectivity index (χ1) is 9.09. The lowest BCUT2D eigenvalue weighted by Gasteiger charge is -2.30. The zero-order valence-corrected chi connectivity index (χ0v) is 12.2. The van der Waals surface area contributed by atoms with Crippen molar-refractivity contribution in [2.45, 2.75) is 51.7 Å². The Morgan fingerprint density at radius 1 is 1.05 bits per heavy atom. The molecule has 0 N–H and O–H groups in total. The summed E-state index contributed by atoms with van der Waals surface area (Å²) in [7, 11) is 0. The fraction of sp³-hybridized carbons (Fsp3) is 0.867. The lowest BCUT2D eigenvalue weighted by Crippen LogP contribution is -2.27. The van der Waals surface area contributed by atoms with Gasteiger partial charge in [-0.25, -0.2) is 0 Å². The van der Waals surface area contributed by atoms with Crippen molar-refractivity contribution < 1.29 is 18.9 Å². The molecule has 2 bridgehead atoms. The summed E-state index contributed by atoms with van der Waals surface area (Å²) in [5.74, 6) is 0. The summed E-state index contributed by atoms with van der Waals surface area (Å²) in [5.41, 5.74) is 0.0915. The smallest absolute Gasteiger partial charge is 0.224 e. The second kappa shape index (κ2) is 7.02. The van der Waals surface area contributed by atoms with Crippen molar-refractivity contribution in [3.8, 4) is 0 Å². The van der Waals surface area contributed by atoms with Crippen LogP contribution in [0.15, 0.2) is 0 Å². The monoisotopic (exact) mass is 270 g/mol. The highest BCUT2D eigenvalue weighted by Gasteiger charge is 2.31. The average molecular weight is 270 g/mol. The standard InChI is InChI=1S/C15H26O4/c1-4-15(2,3)9-14-18-12-5-7-16-11-13(19-14)6-8-17-10-12/h12-13H,1,4-11H2,2-3H3. The molecule has 0 aliphatic carbocycles. The van der Waals surface area contributed by atoms with Crippen LogP contribution in [0.5, 0.6) is 0 Å².